The van der Waals surface area contributed by atoms with Gasteiger partial charge in [-0.15, -0.1) is 0 Å². The van der Waals surface area contributed by atoms with Crippen LogP contribution in [-0.4, -0.2) is 36.4 Å². The second-order valence-corrected chi connectivity index (χ2v) is 17.0. The molecule has 3 heterocycles. The van der Waals surface area contributed by atoms with Crippen LogP contribution in [-0.2, 0) is 49.7 Å². The van der Waals surface area contributed by atoms with Gasteiger partial charge in [-0.25, -0.2) is 20.8 Å². The van der Waals surface area contributed by atoms with Crippen LogP contribution in [0.1, 0.15) is 34.9 Å². The Bertz CT molecular complexity index is 1760. The molecule has 0 radical (unpaired) electrons. The van der Waals surface area contributed by atoms with Gasteiger partial charge in [0.15, 0.2) is 4.90 Å². The number of nitrogens with zero attached hydrogens (tertiary/aromatic N) is 2. The van der Waals surface area contributed by atoms with Crippen LogP contribution in [0.4, 0.5) is 0 Å². The first-order chi connectivity index (χ1) is 18.5. The van der Waals surface area contributed by atoms with E-state index in [4.69, 9.17) is 0 Å². The topological polar surface area (TPSA) is 76.5 Å². The van der Waals surface area contributed by atoms with Crippen molar-refractivity contribution < 1.29 is 16.8 Å². The maximum atomic E-state index is 14.0. The van der Waals surface area contributed by atoms with Crippen LogP contribution in [0, 0.1) is 13.8 Å². The number of rotatable bonds is 5. The monoisotopic (exact) mass is 579 g/mol. The minimum absolute atomic E-state index is 0.152. The molecule has 2 aliphatic heterocycles. The van der Waals surface area contributed by atoms with Crippen molar-refractivity contribution in [2.45, 2.75) is 58.9 Å². The molecule has 2 atom stereocenters. The molecule has 2 unspecified atom stereocenters. The first kappa shape index (κ1) is 26.4. The van der Waals surface area contributed by atoms with Gasteiger partial charge in [0.05, 0.1) is 16.3 Å². The van der Waals surface area contributed by atoms with Gasteiger partial charge in [-0.05, 0) is 62.7 Å². The Labute approximate surface area is 233 Å². The third-order valence-electron chi connectivity index (χ3n) is 7.82. The number of hydrogen-bond acceptors (Lipinski definition) is 4. The van der Waals surface area contributed by atoms with Crippen LogP contribution >= 0.6 is 0 Å². The van der Waals surface area contributed by atoms with Crippen molar-refractivity contribution in [2.24, 2.45) is 0 Å². The average Bonchev–Trinajstić information content (AvgIpc) is 3.06. The molecule has 2 aliphatic rings. The van der Waals surface area contributed by atoms with Crippen molar-refractivity contribution in [3.8, 4) is 0 Å². The molecule has 0 saturated heterocycles. The van der Waals surface area contributed by atoms with Crippen LogP contribution in [0.3, 0.4) is 0 Å². The van der Waals surface area contributed by atoms with Gasteiger partial charge >= 0.3 is 0 Å². The Kier molecular flexibility index (Phi) is 6.34. The lowest BCUT2D eigenvalue weighted by atomic mass is 10.0. The van der Waals surface area contributed by atoms with Gasteiger partial charge in [0.1, 0.15) is 10.5 Å². The second-order valence-electron chi connectivity index (χ2n) is 10.8. The molecular weight excluding hydrogens is 549 g/mol. The Balaban J connectivity index is 1.53. The lowest BCUT2D eigenvalue weighted by Gasteiger charge is -2.34. The molecule has 0 spiro atoms. The largest absolute Gasteiger partial charge is 0.267 e. The minimum Gasteiger partial charge on any atom is -0.245 e. The van der Waals surface area contributed by atoms with Gasteiger partial charge in [0.2, 0.25) is 10.0 Å². The molecule has 9 heteroatoms. The van der Waals surface area contributed by atoms with Gasteiger partial charge in [-0.2, -0.15) is 4.31 Å². The Morgan fingerprint density at radius 2 is 1.33 bits per heavy atom. The predicted molar refractivity (Wildman–Crippen MR) is 155 cm³/mol. The highest BCUT2D eigenvalue weighted by atomic mass is 32.2. The summed E-state index contributed by atoms with van der Waals surface area (Å²) in [4.78, 5) is 1.65. The summed E-state index contributed by atoms with van der Waals surface area (Å²) in [5.41, 5.74) is 4.39. The molecule has 0 saturated carbocycles. The lowest BCUT2D eigenvalue weighted by Crippen LogP contribution is -2.49. The van der Waals surface area contributed by atoms with Crippen LogP contribution in [0.25, 0.3) is 0 Å². The van der Waals surface area contributed by atoms with E-state index in [2.05, 4.69) is 19.1 Å². The highest BCUT2D eigenvalue weighted by Crippen LogP contribution is 2.45. The maximum absolute atomic E-state index is 14.0. The van der Waals surface area contributed by atoms with Crippen LogP contribution < -0.4 is 0 Å². The summed E-state index contributed by atoms with van der Waals surface area (Å²) in [5, 5.41) is 0. The van der Waals surface area contributed by atoms with E-state index in [1.807, 2.05) is 44.2 Å². The van der Waals surface area contributed by atoms with E-state index in [9.17, 15) is 16.8 Å². The van der Waals surface area contributed by atoms with Gasteiger partial charge < -0.3 is 0 Å². The maximum Gasteiger partial charge on any atom is 0.267 e. The highest BCUT2D eigenvalue weighted by molar-refractivity contribution is 7.97. The summed E-state index contributed by atoms with van der Waals surface area (Å²) in [6, 6.07) is 24.0. The Hall–Kier alpha value is -2.85. The highest BCUT2D eigenvalue weighted by Gasteiger charge is 2.54. The third-order valence-corrected chi connectivity index (χ3v) is 14.2. The van der Waals surface area contributed by atoms with Gasteiger partial charge in [-0.3, -0.25) is 0 Å². The van der Waals surface area contributed by atoms with Gasteiger partial charge in [-0.1, -0.05) is 53.6 Å². The SMILES string of the molecule is Cc1ccc(S(=O)(=O)N2Cc3c4cn(S(=O)(=O)c5ccc(C)cc5)c3CC(C)(C2)[S+](c2ccccc2)C4)cc1. The summed E-state index contributed by atoms with van der Waals surface area (Å²) < 4.78 is 58.3. The fourth-order valence-electron chi connectivity index (χ4n) is 5.65. The number of sulfonamides is 1. The van der Waals surface area contributed by atoms with Crippen LogP contribution in [0.2, 0.25) is 0 Å². The minimum atomic E-state index is -3.85. The lowest BCUT2D eigenvalue weighted by molar-refractivity contribution is 0.375. The number of aromatic nitrogens is 1. The Morgan fingerprint density at radius 1 is 0.769 bits per heavy atom. The van der Waals surface area contributed by atoms with Crippen molar-refractivity contribution in [1.82, 2.24) is 8.28 Å². The summed E-state index contributed by atoms with van der Waals surface area (Å²) in [6.07, 6.45) is 2.20. The van der Waals surface area contributed by atoms with E-state index in [1.54, 1.807) is 46.9 Å². The van der Waals surface area contributed by atoms with E-state index >= 15 is 0 Å². The average molecular weight is 580 g/mol. The first-order valence-electron chi connectivity index (χ1n) is 12.9. The van der Waals surface area contributed by atoms with E-state index in [-0.39, 0.29) is 27.2 Å². The zero-order chi connectivity index (χ0) is 27.6. The molecule has 6 rings (SSSR count). The Morgan fingerprint density at radius 3 is 1.92 bits per heavy atom. The molecule has 0 N–H and O–H groups in total. The smallest absolute Gasteiger partial charge is 0.245 e. The summed E-state index contributed by atoms with van der Waals surface area (Å²) >= 11 is 0. The van der Waals surface area contributed by atoms with Crippen molar-refractivity contribution in [1.29, 1.82) is 0 Å². The second kappa shape index (κ2) is 9.37. The quantitative estimate of drug-likeness (QED) is 0.311. The first-order valence-corrected chi connectivity index (χ1v) is 17.1. The number of hydrogen-bond donors (Lipinski definition) is 0. The van der Waals surface area contributed by atoms with Crippen molar-refractivity contribution in [3.63, 3.8) is 0 Å². The molecule has 4 bridgehead atoms. The summed E-state index contributed by atoms with van der Waals surface area (Å²) in [6.45, 7) is 6.43. The molecule has 39 heavy (non-hydrogen) atoms. The standard InChI is InChI=1S/C30H31N2O4S3/c1-22-9-13-26(14-10-22)38(33,34)31-19-28-24-18-32(39(35,36)27-15-11-23(2)12-16-27)29(28)17-30(3,21-31)37(20-24)25-7-5-4-6-8-25/h4-16,18H,17,19-21H2,1-3H3/q+1. The molecular formula is C30H31N2O4S3+. The van der Waals surface area contributed by atoms with Crippen molar-refractivity contribution in [3.05, 3.63) is 113 Å². The fourth-order valence-corrected chi connectivity index (χ4v) is 11.5. The normalized spacial score (nSPS) is 21.5. The summed E-state index contributed by atoms with van der Waals surface area (Å²) in [7, 11) is -8.00. The summed E-state index contributed by atoms with van der Waals surface area (Å²) in [5.74, 6) is 0.678. The number of aryl methyl sites for hydroxylation is 2. The molecule has 0 aliphatic carbocycles. The fraction of sp³-hybridized carbons (Fsp3) is 0.267. The van der Waals surface area contributed by atoms with E-state index in [0.717, 1.165) is 27.1 Å². The molecule has 0 amide bonds. The molecule has 202 valence electrons. The molecule has 0 fully saturated rings. The molecule has 3 aromatic carbocycles. The van der Waals surface area contributed by atoms with Gasteiger partial charge in [0, 0.05) is 41.3 Å². The molecule has 6 nitrogen and oxygen atoms in total. The van der Waals surface area contributed by atoms with Crippen molar-refractivity contribution >= 4 is 30.9 Å². The zero-order valence-corrected chi connectivity index (χ0v) is 24.6. The van der Waals surface area contributed by atoms with E-state index in [1.165, 1.54) is 3.97 Å². The van der Waals surface area contributed by atoms with E-state index in [0.29, 0.717) is 24.4 Å². The number of fused-ring (bicyclic) bond motifs is 1. The van der Waals surface area contributed by atoms with Gasteiger partial charge in [0.25, 0.3) is 10.0 Å². The van der Waals surface area contributed by atoms with Crippen molar-refractivity contribution in [2.75, 3.05) is 6.54 Å². The zero-order valence-electron chi connectivity index (χ0n) is 22.2. The predicted octanol–water partition coefficient (Wildman–Crippen LogP) is 5.04. The van der Waals surface area contributed by atoms with Crippen LogP contribution in [0.5, 0.6) is 0 Å². The molecule has 1 aromatic heterocycles. The third kappa shape index (κ3) is 4.45. The van der Waals surface area contributed by atoms with E-state index < -0.39 is 24.8 Å². The van der Waals surface area contributed by atoms with Crippen LogP contribution in [0.15, 0.2) is 99.7 Å². The molecule has 4 aromatic rings. The number of benzene rings is 3.